The van der Waals surface area contributed by atoms with Crippen molar-refractivity contribution in [2.75, 3.05) is 11.1 Å². The normalized spacial score (nSPS) is 20.5. The molecule has 1 fully saturated rings. The third-order valence-electron chi connectivity index (χ3n) is 3.58. The van der Waals surface area contributed by atoms with Crippen LogP contribution in [0.25, 0.3) is 0 Å². The van der Waals surface area contributed by atoms with E-state index < -0.39 is 11.3 Å². The van der Waals surface area contributed by atoms with Gasteiger partial charge in [0.2, 0.25) is 17.8 Å². The van der Waals surface area contributed by atoms with Crippen molar-refractivity contribution in [3.63, 3.8) is 0 Å². The van der Waals surface area contributed by atoms with Gasteiger partial charge >= 0.3 is 0 Å². The van der Waals surface area contributed by atoms with Crippen LogP contribution < -0.4 is 10.6 Å². The van der Waals surface area contributed by atoms with Gasteiger partial charge in [0.1, 0.15) is 17.7 Å². The number of nitrogens with one attached hydrogen (secondary N) is 3. The quantitative estimate of drug-likeness (QED) is 0.766. The van der Waals surface area contributed by atoms with Crippen LogP contribution in [-0.4, -0.2) is 44.0 Å². The van der Waals surface area contributed by atoms with Crippen molar-refractivity contribution in [3.05, 3.63) is 41.5 Å². The predicted molar refractivity (Wildman–Crippen MR) is 88.0 cm³/mol. The van der Waals surface area contributed by atoms with Crippen molar-refractivity contribution >= 4 is 29.5 Å². The first-order valence-electron chi connectivity index (χ1n) is 7.38. The molecular formula is C15H16FN5O2S. The van der Waals surface area contributed by atoms with Crippen LogP contribution >= 0.6 is 11.8 Å². The molecule has 1 saturated heterocycles. The first-order chi connectivity index (χ1) is 11.5. The number of carbonyl (C=O) groups is 2. The van der Waals surface area contributed by atoms with E-state index in [1.165, 1.54) is 17.8 Å². The summed E-state index contributed by atoms with van der Waals surface area (Å²) in [7, 11) is 0. The predicted octanol–water partition coefficient (Wildman–Crippen LogP) is 1.03. The zero-order valence-electron chi connectivity index (χ0n) is 12.9. The minimum absolute atomic E-state index is 0.172. The Hall–Kier alpha value is -2.42. The summed E-state index contributed by atoms with van der Waals surface area (Å²) in [6.07, 6.45) is 0.289. The topological polar surface area (TPSA) is 99.8 Å². The number of amides is 2. The minimum Gasteiger partial charge on any atom is -0.343 e. The van der Waals surface area contributed by atoms with Gasteiger partial charge in [0.25, 0.3) is 0 Å². The number of hydrogen-bond donors (Lipinski definition) is 3. The summed E-state index contributed by atoms with van der Waals surface area (Å²) in [4.78, 5) is 28.3. The van der Waals surface area contributed by atoms with Gasteiger partial charge in [-0.3, -0.25) is 20.0 Å². The molecular weight excluding hydrogens is 333 g/mol. The molecule has 24 heavy (non-hydrogen) atoms. The van der Waals surface area contributed by atoms with Gasteiger partial charge in [0.15, 0.2) is 0 Å². The monoisotopic (exact) mass is 349 g/mol. The van der Waals surface area contributed by atoms with Gasteiger partial charge in [-0.2, -0.15) is 4.98 Å². The number of nitrogens with zero attached hydrogens (tertiary/aromatic N) is 2. The molecule has 1 aromatic carbocycles. The van der Waals surface area contributed by atoms with Gasteiger partial charge in [-0.25, -0.2) is 4.39 Å². The average Bonchev–Trinajstić information content (AvgIpc) is 2.96. The molecule has 1 aromatic heterocycles. The molecule has 0 radical (unpaired) electrons. The van der Waals surface area contributed by atoms with Crippen molar-refractivity contribution < 1.29 is 14.0 Å². The Morgan fingerprint density at radius 3 is 2.92 bits per heavy atom. The number of carbonyl (C=O) groups excluding carboxylic acids is 2. The first kappa shape index (κ1) is 16.4. The molecule has 0 aliphatic carbocycles. The van der Waals surface area contributed by atoms with Gasteiger partial charge in [-0.05, 0) is 25.0 Å². The van der Waals surface area contributed by atoms with Crippen molar-refractivity contribution in [1.29, 1.82) is 0 Å². The highest BCUT2D eigenvalue weighted by Gasteiger charge is 2.33. The van der Waals surface area contributed by atoms with Gasteiger partial charge in [0.05, 0.1) is 5.25 Å². The van der Waals surface area contributed by atoms with E-state index in [-0.39, 0.29) is 30.0 Å². The van der Waals surface area contributed by atoms with E-state index >= 15 is 0 Å². The number of rotatable bonds is 4. The Morgan fingerprint density at radius 1 is 1.46 bits per heavy atom. The Kier molecular flexibility index (Phi) is 4.79. The lowest BCUT2D eigenvalue weighted by Crippen LogP contribution is -2.53. The van der Waals surface area contributed by atoms with Crippen LogP contribution in [-0.2, 0) is 16.0 Å². The van der Waals surface area contributed by atoms with Crippen molar-refractivity contribution in [1.82, 2.24) is 20.5 Å². The molecule has 2 amide bonds. The maximum atomic E-state index is 13.7. The molecule has 3 N–H and O–H groups in total. The molecule has 126 valence electrons. The summed E-state index contributed by atoms with van der Waals surface area (Å²) in [6, 6.07) is 5.71. The third kappa shape index (κ3) is 3.73. The number of aryl methyl sites for hydroxylation is 1. The smallest absolute Gasteiger partial charge is 0.250 e. The fraction of sp³-hybridized carbons (Fsp3) is 0.333. The first-order valence-corrected chi connectivity index (χ1v) is 8.43. The summed E-state index contributed by atoms with van der Waals surface area (Å²) in [5, 5.41) is 11.2. The van der Waals surface area contributed by atoms with Crippen LogP contribution in [0, 0.1) is 12.7 Å². The van der Waals surface area contributed by atoms with E-state index in [0.717, 1.165) is 0 Å². The summed E-state index contributed by atoms with van der Waals surface area (Å²) < 4.78 is 13.7. The van der Waals surface area contributed by atoms with Crippen LogP contribution in [0.4, 0.5) is 10.3 Å². The summed E-state index contributed by atoms with van der Waals surface area (Å²) in [5.74, 6) is 0.174. The maximum Gasteiger partial charge on any atom is 0.250 e. The fourth-order valence-electron chi connectivity index (χ4n) is 2.35. The number of halogens is 1. The van der Waals surface area contributed by atoms with Gasteiger partial charge in [-0.1, -0.05) is 18.2 Å². The molecule has 0 saturated carbocycles. The van der Waals surface area contributed by atoms with E-state index in [1.54, 1.807) is 25.1 Å². The second-order valence-electron chi connectivity index (χ2n) is 5.41. The highest BCUT2D eigenvalue weighted by molar-refractivity contribution is 8.00. The molecule has 0 spiro atoms. The molecule has 9 heteroatoms. The van der Waals surface area contributed by atoms with Crippen LogP contribution in [0.1, 0.15) is 11.4 Å². The lowest BCUT2D eigenvalue weighted by Gasteiger charge is -2.27. The number of aromatic nitrogens is 3. The lowest BCUT2D eigenvalue weighted by molar-refractivity contribution is -0.126. The fourth-order valence-corrected chi connectivity index (χ4v) is 3.52. The molecule has 0 unspecified atom stereocenters. The largest absolute Gasteiger partial charge is 0.343 e. The van der Waals surface area contributed by atoms with Crippen LogP contribution in [0.3, 0.4) is 0 Å². The second-order valence-corrected chi connectivity index (χ2v) is 6.65. The number of H-pyrrole nitrogens is 1. The van der Waals surface area contributed by atoms with E-state index in [0.29, 0.717) is 17.1 Å². The van der Waals surface area contributed by atoms with Crippen molar-refractivity contribution in [3.8, 4) is 0 Å². The van der Waals surface area contributed by atoms with Crippen LogP contribution in [0.5, 0.6) is 0 Å². The minimum atomic E-state index is -0.668. The molecule has 2 aromatic rings. The highest BCUT2D eigenvalue weighted by atomic mass is 32.2. The van der Waals surface area contributed by atoms with E-state index in [1.807, 2.05) is 0 Å². The standard InChI is InChI=1S/C15H16FN5O2S/c1-8-17-15(21-20-8)19-13(22)11-7-24-12(14(23)18-11)6-9-4-2-3-5-10(9)16/h2-5,11-12H,6-7H2,1H3,(H,18,23)(H2,17,19,20,21,22)/t11-,12-/m1/s1. The molecule has 3 rings (SSSR count). The zero-order chi connectivity index (χ0) is 17.1. The summed E-state index contributed by atoms with van der Waals surface area (Å²) in [5.41, 5.74) is 0.490. The Labute approximate surface area is 141 Å². The summed E-state index contributed by atoms with van der Waals surface area (Å²) >= 11 is 1.34. The van der Waals surface area contributed by atoms with Crippen molar-refractivity contribution in [2.24, 2.45) is 0 Å². The van der Waals surface area contributed by atoms with Gasteiger partial charge < -0.3 is 5.32 Å². The van der Waals surface area contributed by atoms with E-state index in [9.17, 15) is 14.0 Å². The average molecular weight is 349 g/mol. The molecule has 1 aliphatic heterocycles. The highest BCUT2D eigenvalue weighted by Crippen LogP contribution is 2.23. The number of anilines is 1. The van der Waals surface area contributed by atoms with Gasteiger partial charge in [-0.15, -0.1) is 16.9 Å². The number of benzene rings is 1. The Morgan fingerprint density at radius 2 is 2.25 bits per heavy atom. The number of thioether (sulfide) groups is 1. The number of aromatic amines is 1. The Balaban J connectivity index is 1.58. The molecule has 2 heterocycles. The molecule has 2 atom stereocenters. The Bertz CT molecular complexity index is 766. The molecule has 0 bridgehead atoms. The third-order valence-corrected chi connectivity index (χ3v) is 4.89. The molecule has 1 aliphatic rings. The summed E-state index contributed by atoms with van der Waals surface area (Å²) in [6.45, 7) is 1.72. The lowest BCUT2D eigenvalue weighted by atomic mass is 10.1. The van der Waals surface area contributed by atoms with Crippen LogP contribution in [0.15, 0.2) is 24.3 Å². The van der Waals surface area contributed by atoms with E-state index in [4.69, 9.17) is 0 Å². The SMILES string of the molecule is Cc1nc(NC(=O)[C@H]2CS[C@H](Cc3ccccc3F)C(=O)N2)n[nH]1. The van der Waals surface area contributed by atoms with Crippen molar-refractivity contribution in [2.45, 2.75) is 24.6 Å². The van der Waals surface area contributed by atoms with E-state index in [2.05, 4.69) is 25.8 Å². The van der Waals surface area contributed by atoms with Gasteiger partial charge in [0, 0.05) is 5.75 Å². The van der Waals surface area contributed by atoms with Crippen LogP contribution in [0.2, 0.25) is 0 Å². The number of hydrogen-bond acceptors (Lipinski definition) is 5. The maximum absolute atomic E-state index is 13.7. The zero-order valence-corrected chi connectivity index (χ0v) is 13.7. The molecule has 7 nitrogen and oxygen atoms in total. The second kappa shape index (κ2) is 7.00.